The standard InChI is InChI=1S/C30H54O8S2.C30H54O2.C6H6O2/c1-3-5-7-9-11-13-15-17-19-21-23-35-27-26-30(40(32,33)34)28(25-29(27)39-38-37-31)36-24-22-20-18-16-14-12-10-8-6-4-2;1-3-5-7-9-11-13-15-17-19-21-27-31-29-23-25-30(26-24-29)32-28-22-20-18-16-14-12-10-8-6-4-2;7-5-1-2-6(8)4-3-5/h25-26,31H,3-24H2,1-2H3,(H,32,33,34);23-26H,3-22,27-28H2,1-2H3;1-4,7-8H. The van der Waals surface area contributed by atoms with Gasteiger partial charge in [-0.05, 0) is 74.2 Å². The van der Waals surface area contributed by atoms with Crippen LogP contribution >= 0.6 is 12.0 Å². The van der Waals surface area contributed by atoms with E-state index in [0.29, 0.717) is 30.2 Å². The number of unbranched alkanes of at least 4 members (excludes halogenated alkanes) is 36. The van der Waals surface area contributed by atoms with Gasteiger partial charge >= 0.3 is 0 Å². The fourth-order valence-corrected chi connectivity index (χ4v) is 10.3. The first kappa shape index (κ1) is 74.6. The number of phenolic OH excluding ortho intramolecular Hbond substituents is 2. The molecule has 3 rings (SSSR count). The van der Waals surface area contributed by atoms with Crippen LogP contribution in [0.15, 0.2) is 70.5 Å². The Morgan fingerprint density at radius 2 is 0.625 bits per heavy atom. The summed E-state index contributed by atoms with van der Waals surface area (Å²) >= 11 is 0.669. The van der Waals surface area contributed by atoms with Crippen molar-refractivity contribution in [3.8, 4) is 34.5 Å². The molecule has 0 amide bonds. The summed E-state index contributed by atoms with van der Waals surface area (Å²) in [5.74, 6) is 2.48. The third-order valence-electron chi connectivity index (χ3n) is 14.2. The molecule has 3 aromatic carbocycles. The Balaban J connectivity index is 0.000000711. The van der Waals surface area contributed by atoms with Gasteiger partial charge in [0.05, 0.1) is 43.4 Å². The van der Waals surface area contributed by atoms with Crippen LogP contribution in [0.5, 0.6) is 34.5 Å². The first-order valence-corrected chi connectivity index (χ1v) is 34.2. The molecule has 0 saturated heterocycles. The van der Waals surface area contributed by atoms with Crippen molar-refractivity contribution >= 4 is 22.2 Å². The number of phenols is 2. The second kappa shape index (κ2) is 54.8. The summed E-state index contributed by atoms with van der Waals surface area (Å²) in [6, 6.07) is 16.6. The molecule has 0 saturated carbocycles. The second-order valence-corrected chi connectivity index (χ2v) is 23.7. The predicted molar refractivity (Wildman–Crippen MR) is 332 cm³/mol. The van der Waals surface area contributed by atoms with E-state index in [1.165, 1.54) is 242 Å². The largest absolute Gasteiger partial charge is 0.508 e. The van der Waals surface area contributed by atoms with Gasteiger partial charge in [0, 0.05) is 12.1 Å². The van der Waals surface area contributed by atoms with Crippen LogP contribution in [0.25, 0.3) is 0 Å². The minimum absolute atomic E-state index is 0.00810. The summed E-state index contributed by atoms with van der Waals surface area (Å²) in [5, 5.41) is 29.6. The average Bonchev–Trinajstić information content (AvgIpc) is 3.46. The Hall–Kier alpha value is -3.40. The molecule has 0 aromatic heterocycles. The zero-order valence-electron chi connectivity index (χ0n) is 50.8. The van der Waals surface area contributed by atoms with Gasteiger partial charge in [-0.15, -0.1) is 4.33 Å². The van der Waals surface area contributed by atoms with Crippen molar-refractivity contribution in [3.63, 3.8) is 0 Å². The molecule has 0 aliphatic rings. The summed E-state index contributed by atoms with van der Waals surface area (Å²) in [7, 11) is -4.55. The maximum atomic E-state index is 12.1. The first-order chi connectivity index (χ1) is 39.1. The van der Waals surface area contributed by atoms with Crippen molar-refractivity contribution in [3.05, 3.63) is 60.7 Å². The van der Waals surface area contributed by atoms with Gasteiger partial charge in [-0.1, -0.05) is 264 Å². The fourth-order valence-electron chi connectivity index (χ4n) is 9.25. The quantitative estimate of drug-likeness (QED) is 0.0105. The van der Waals surface area contributed by atoms with Gasteiger partial charge in [0.25, 0.3) is 10.1 Å². The summed E-state index contributed by atoms with van der Waals surface area (Å²) in [6.07, 6.45) is 50.9. The summed E-state index contributed by atoms with van der Waals surface area (Å²) in [4.78, 5) is 0.0125. The minimum atomic E-state index is -4.55. The van der Waals surface area contributed by atoms with Crippen LogP contribution in [0.1, 0.15) is 285 Å². The molecular weight excluding hydrogens is 1050 g/mol. The lowest BCUT2D eigenvalue weighted by Gasteiger charge is -2.15. The van der Waals surface area contributed by atoms with Gasteiger partial charge in [-0.3, -0.25) is 4.55 Å². The van der Waals surface area contributed by atoms with Crippen molar-refractivity contribution in [1.29, 1.82) is 0 Å². The predicted octanol–water partition coefficient (Wildman–Crippen LogP) is 21.3. The topological polar surface area (TPSA) is 170 Å². The van der Waals surface area contributed by atoms with Crippen LogP contribution < -0.4 is 18.9 Å². The van der Waals surface area contributed by atoms with Gasteiger partial charge in [-0.25, -0.2) is 5.26 Å². The summed E-state index contributed by atoms with van der Waals surface area (Å²) in [5.41, 5.74) is 0. The first-order valence-electron chi connectivity index (χ1n) is 32.0. The van der Waals surface area contributed by atoms with Crippen molar-refractivity contribution < 1.29 is 56.8 Å². The highest BCUT2D eigenvalue weighted by Crippen LogP contribution is 2.39. The van der Waals surface area contributed by atoms with E-state index >= 15 is 0 Å². The Bertz CT molecular complexity index is 1830. The van der Waals surface area contributed by atoms with Gasteiger partial charge < -0.3 is 29.2 Å². The molecule has 0 spiro atoms. The average molecular weight is 1160 g/mol. The van der Waals surface area contributed by atoms with Crippen LogP contribution in [0.2, 0.25) is 0 Å². The molecule has 462 valence electrons. The Morgan fingerprint density at radius 1 is 0.362 bits per heavy atom. The van der Waals surface area contributed by atoms with E-state index in [1.807, 2.05) is 24.3 Å². The van der Waals surface area contributed by atoms with Crippen molar-refractivity contribution in [2.75, 3.05) is 26.4 Å². The zero-order valence-corrected chi connectivity index (χ0v) is 52.4. The lowest BCUT2D eigenvalue weighted by Crippen LogP contribution is -2.07. The number of aromatic hydroxyl groups is 2. The minimum Gasteiger partial charge on any atom is -0.508 e. The van der Waals surface area contributed by atoms with Crippen LogP contribution in [0.3, 0.4) is 0 Å². The lowest BCUT2D eigenvalue weighted by molar-refractivity contribution is -0.432. The van der Waals surface area contributed by atoms with Crippen molar-refractivity contribution in [2.45, 2.75) is 294 Å². The second-order valence-electron chi connectivity index (χ2n) is 21.6. The van der Waals surface area contributed by atoms with E-state index in [1.54, 1.807) is 0 Å². The highest BCUT2D eigenvalue weighted by Gasteiger charge is 2.22. The van der Waals surface area contributed by atoms with E-state index in [-0.39, 0.29) is 27.9 Å². The maximum absolute atomic E-state index is 12.1. The molecule has 12 nitrogen and oxygen atoms in total. The SMILES string of the molecule is CCCCCCCCCCCCOc1cc(S(=O)(=O)O)c(OCCCCCCCCCCCC)cc1SOOO.CCCCCCCCCCCCOc1ccc(OCCCCCCCCCCCC)cc1.Oc1ccc(O)cc1. The van der Waals surface area contributed by atoms with E-state index in [4.69, 9.17) is 34.4 Å². The normalized spacial score (nSPS) is 11.2. The highest BCUT2D eigenvalue weighted by molar-refractivity contribution is 7.94. The molecule has 0 heterocycles. The van der Waals surface area contributed by atoms with Gasteiger partial charge in [-0.2, -0.15) is 8.42 Å². The Kier molecular flexibility index (Phi) is 51.1. The van der Waals surface area contributed by atoms with Crippen LogP contribution in [-0.4, -0.2) is 54.9 Å². The molecule has 0 aliphatic carbocycles. The number of benzene rings is 3. The number of rotatable bonds is 52. The van der Waals surface area contributed by atoms with E-state index in [2.05, 4.69) is 37.1 Å². The van der Waals surface area contributed by atoms with E-state index in [9.17, 15) is 13.0 Å². The maximum Gasteiger partial charge on any atom is 0.298 e. The molecule has 80 heavy (non-hydrogen) atoms. The third kappa shape index (κ3) is 45.2. The monoisotopic (exact) mass is 1160 g/mol. The molecule has 0 radical (unpaired) electrons. The van der Waals surface area contributed by atoms with Crippen molar-refractivity contribution in [2.24, 2.45) is 0 Å². The molecule has 0 atom stereocenters. The third-order valence-corrected chi connectivity index (χ3v) is 15.7. The molecule has 0 unspecified atom stereocenters. The number of hydrogen-bond donors (Lipinski definition) is 4. The Labute approximate surface area is 492 Å². The highest BCUT2D eigenvalue weighted by atomic mass is 32.2. The van der Waals surface area contributed by atoms with Gasteiger partial charge in [0.2, 0.25) is 0 Å². The van der Waals surface area contributed by atoms with Crippen molar-refractivity contribution in [1.82, 2.24) is 0 Å². The van der Waals surface area contributed by atoms with Gasteiger partial charge in [0.15, 0.2) is 0 Å². The van der Waals surface area contributed by atoms with E-state index < -0.39 is 10.1 Å². The van der Waals surface area contributed by atoms with Gasteiger partial charge in [0.1, 0.15) is 39.4 Å². The lowest BCUT2D eigenvalue weighted by atomic mass is 10.1. The van der Waals surface area contributed by atoms with Crippen LogP contribution in [-0.2, 0) is 19.5 Å². The Morgan fingerprint density at radius 3 is 0.900 bits per heavy atom. The molecule has 14 heteroatoms. The summed E-state index contributed by atoms with van der Waals surface area (Å²) < 4.78 is 62.0. The fraction of sp³-hybridized carbons (Fsp3) is 0.727. The zero-order chi connectivity index (χ0) is 58.3. The van der Waals surface area contributed by atoms with E-state index in [0.717, 1.165) is 76.1 Å². The molecule has 0 fully saturated rings. The molecule has 0 aliphatic heterocycles. The molecule has 3 aromatic rings. The molecular formula is C66H114O12S2. The van der Waals surface area contributed by atoms with Crippen LogP contribution in [0.4, 0.5) is 0 Å². The number of ether oxygens (including phenoxy) is 4. The molecule has 0 bridgehead atoms. The molecule has 4 N–H and O–H groups in total. The summed E-state index contributed by atoms with van der Waals surface area (Å²) in [6.45, 7) is 11.4. The number of hydrogen-bond acceptors (Lipinski definition) is 12. The van der Waals surface area contributed by atoms with Crippen LogP contribution in [0, 0.1) is 0 Å². The smallest absolute Gasteiger partial charge is 0.298 e.